The minimum Gasteiger partial charge on any atom is -0.493 e. The number of thiophene rings is 1. The Morgan fingerprint density at radius 1 is 0.981 bits per heavy atom. The average molecular weight is 750 g/mol. The highest BCUT2D eigenvalue weighted by molar-refractivity contribution is 7.13. The molecule has 280 valence electrons. The summed E-state index contributed by atoms with van der Waals surface area (Å²) in [6, 6.07) is 16.3. The fourth-order valence-corrected chi connectivity index (χ4v) is 7.71. The van der Waals surface area contributed by atoms with Gasteiger partial charge in [-0.05, 0) is 99.0 Å². The molecule has 2 aliphatic rings. The van der Waals surface area contributed by atoms with Gasteiger partial charge in [-0.3, -0.25) is 9.59 Å². The van der Waals surface area contributed by atoms with E-state index in [1.54, 1.807) is 62.4 Å². The van der Waals surface area contributed by atoms with E-state index in [4.69, 9.17) is 14.2 Å². The summed E-state index contributed by atoms with van der Waals surface area (Å²) in [6.45, 7) is 7.87. The van der Waals surface area contributed by atoms with E-state index in [-0.39, 0.29) is 29.1 Å². The van der Waals surface area contributed by atoms with E-state index in [9.17, 15) is 24.4 Å². The lowest BCUT2D eigenvalue weighted by Crippen LogP contribution is -2.48. The molecule has 3 heterocycles. The number of fused-ring (bicyclic) bond motifs is 3. The van der Waals surface area contributed by atoms with Crippen molar-refractivity contribution in [1.82, 2.24) is 15.6 Å². The third-order valence-corrected chi connectivity index (χ3v) is 10.4. The molecule has 6 rings (SSSR count). The van der Waals surface area contributed by atoms with Gasteiger partial charge in [0, 0.05) is 45.8 Å². The smallest absolute Gasteiger partial charge is 0.407 e. The van der Waals surface area contributed by atoms with Crippen molar-refractivity contribution in [2.45, 2.75) is 83.9 Å². The first-order valence-electron chi connectivity index (χ1n) is 17.9. The molecule has 0 atom stereocenters. The number of nitrogens with one attached hydrogen (secondary N) is 3. The monoisotopic (exact) mass is 749 g/mol. The number of hydrogen-bond acceptors (Lipinski definition) is 10. The average Bonchev–Trinajstić information content (AvgIpc) is 3.55. The zero-order chi connectivity index (χ0) is 38.6. The maximum Gasteiger partial charge on any atom is 0.407 e. The quantitative estimate of drug-likeness (QED) is 0.153. The first-order chi connectivity index (χ1) is 25.8. The van der Waals surface area contributed by atoms with E-state index >= 15 is 0 Å². The second kappa shape index (κ2) is 15.7. The van der Waals surface area contributed by atoms with Crippen LogP contribution in [0.15, 0.2) is 53.9 Å². The molecule has 0 bridgehead atoms. The minimum absolute atomic E-state index is 0.0588. The normalized spacial score (nSPS) is 14.5. The Labute approximate surface area is 318 Å². The molecule has 1 aliphatic heterocycles. The predicted molar refractivity (Wildman–Crippen MR) is 205 cm³/mol. The number of anilines is 1. The van der Waals surface area contributed by atoms with Crippen LogP contribution in [-0.2, 0) is 22.4 Å². The fourth-order valence-electron chi connectivity index (χ4n) is 6.74. The van der Waals surface area contributed by atoms with Crippen molar-refractivity contribution in [2.24, 2.45) is 0 Å². The van der Waals surface area contributed by atoms with Gasteiger partial charge in [-0.15, -0.1) is 11.3 Å². The molecule has 0 spiro atoms. The molecule has 1 aliphatic carbocycles. The standard InChI is InChI=1S/C41H43N5O7S/c1-24-19-25(22-43-39(50)53-40(2,3)4)9-11-31(24)45-36(47)29-20-30-33(52-17-13-26-14-18-54-35(26)30)21-28(29)27-10-12-32(44-34(27)38(49)51-5)37(48)46-41(23-42)15-7-6-8-16-41/h9-12,14,18-21H,6-8,13,15-17,22H2,1-5H3,(H,43,50)(H,45,47)(H,46,48). The van der Waals surface area contributed by atoms with Gasteiger partial charge in [0.15, 0.2) is 5.69 Å². The number of methoxy groups -OCH3 is 1. The van der Waals surface area contributed by atoms with Crippen molar-refractivity contribution in [3.63, 3.8) is 0 Å². The van der Waals surface area contributed by atoms with Crippen LogP contribution >= 0.6 is 11.3 Å². The molecule has 4 aromatic rings. The van der Waals surface area contributed by atoms with Crippen molar-refractivity contribution in [2.75, 3.05) is 19.0 Å². The number of benzene rings is 2. The largest absolute Gasteiger partial charge is 0.493 e. The topological polar surface area (TPSA) is 169 Å². The Balaban J connectivity index is 1.37. The minimum atomic E-state index is -1.01. The molecule has 1 saturated carbocycles. The Kier molecular flexibility index (Phi) is 11.0. The lowest BCUT2D eigenvalue weighted by Gasteiger charge is -2.31. The third kappa shape index (κ3) is 8.39. The van der Waals surface area contributed by atoms with E-state index in [1.807, 2.05) is 24.4 Å². The first kappa shape index (κ1) is 38.0. The Bertz CT molecular complexity index is 2160. The molecule has 1 fully saturated rings. The molecule has 3 N–H and O–H groups in total. The molecule has 3 amide bonds. The summed E-state index contributed by atoms with van der Waals surface area (Å²) in [5.41, 5.74) is 2.95. The van der Waals surface area contributed by atoms with Crippen molar-refractivity contribution in [3.05, 3.63) is 87.6 Å². The van der Waals surface area contributed by atoms with Crippen LogP contribution in [-0.4, -0.2) is 53.7 Å². The number of nitrogens with zero attached hydrogens (tertiary/aromatic N) is 2. The van der Waals surface area contributed by atoms with Crippen LogP contribution in [0.25, 0.3) is 21.6 Å². The zero-order valence-electron chi connectivity index (χ0n) is 31.0. The molecule has 2 aromatic heterocycles. The summed E-state index contributed by atoms with van der Waals surface area (Å²) in [6.07, 6.45) is 3.84. The Hall–Kier alpha value is -5.74. The van der Waals surface area contributed by atoms with Crippen molar-refractivity contribution in [1.29, 1.82) is 5.26 Å². The van der Waals surface area contributed by atoms with Gasteiger partial charge in [-0.2, -0.15) is 5.26 Å². The number of nitriles is 1. The van der Waals surface area contributed by atoms with E-state index in [0.717, 1.165) is 46.4 Å². The van der Waals surface area contributed by atoms with Crippen LogP contribution < -0.4 is 20.7 Å². The summed E-state index contributed by atoms with van der Waals surface area (Å²) in [4.78, 5) is 58.8. The van der Waals surface area contributed by atoms with Crippen molar-refractivity contribution >= 4 is 40.9 Å². The maximum absolute atomic E-state index is 14.4. The number of carbonyl (C=O) groups excluding carboxylic acids is 4. The zero-order valence-corrected chi connectivity index (χ0v) is 31.8. The maximum atomic E-state index is 14.4. The first-order valence-corrected chi connectivity index (χ1v) is 18.8. The van der Waals surface area contributed by atoms with Gasteiger partial charge in [0.25, 0.3) is 11.8 Å². The molecule has 0 unspecified atom stereocenters. The number of esters is 1. The second-order valence-corrected chi connectivity index (χ2v) is 15.4. The van der Waals surface area contributed by atoms with Gasteiger partial charge in [-0.1, -0.05) is 31.4 Å². The van der Waals surface area contributed by atoms with Gasteiger partial charge in [0.2, 0.25) is 0 Å². The lowest BCUT2D eigenvalue weighted by molar-refractivity contribution is 0.0521. The number of hydrogen-bond donors (Lipinski definition) is 3. The van der Waals surface area contributed by atoms with Crippen molar-refractivity contribution in [3.8, 4) is 33.4 Å². The molecule has 0 radical (unpaired) electrons. The summed E-state index contributed by atoms with van der Waals surface area (Å²) in [5.74, 6) is -1.30. The molecule has 12 nitrogen and oxygen atoms in total. The lowest BCUT2D eigenvalue weighted by atomic mass is 9.83. The van der Waals surface area contributed by atoms with Crippen molar-refractivity contribution < 1.29 is 33.4 Å². The number of ether oxygens (including phenoxy) is 3. The Morgan fingerprint density at radius 3 is 2.46 bits per heavy atom. The number of aromatic nitrogens is 1. The van der Waals surface area contributed by atoms with Gasteiger partial charge >= 0.3 is 12.1 Å². The van der Waals surface area contributed by atoms with E-state index in [2.05, 4.69) is 27.0 Å². The highest BCUT2D eigenvalue weighted by Crippen LogP contribution is 2.43. The number of alkyl carbamates (subject to hydrolysis) is 1. The number of aryl methyl sites for hydroxylation is 1. The predicted octanol–water partition coefficient (Wildman–Crippen LogP) is 7.74. The molecule has 0 saturated heterocycles. The fraction of sp³-hybridized carbons (Fsp3) is 0.366. The number of rotatable bonds is 8. The molecular weight excluding hydrogens is 707 g/mol. The molecule has 13 heteroatoms. The molecule has 2 aromatic carbocycles. The number of pyridine rings is 1. The Morgan fingerprint density at radius 2 is 1.76 bits per heavy atom. The summed E-state index contributed by atoms with van der Waals surface area (Å²) in [7, 11) is 1.22. The highest BCUT2D eigenvalue weighted by atomic mass is 32.1. The van der Waals surface area contributed by atoms with Crippen LogP contribution in [0, 0.1) is 18.3 Å². The molecular formula is C41H43N5O7S. The van der Waals surface area contributed by atoms with E-state index < -0.39 is 35.0 Å². The van der Waals surface area contributed by atoms with Gasteiger partial charge in [-0.25, -0.2) is 14.6 Å². The van der Waals surface area contributed by atoms with Gasteiger partial charge in [0.1, 0.15) is 22.6 Å². The van der Waals surface area contributed by atoms with Crippen LogP contribution in [0.2, 0.25) is 0 Å². The summed E-state index contributed by atoms with van der Waals surface area (Å²) < 4.78 is 16.7. The van der Waals surface area contributed by atoms with E-state index in [1.165, 1.54) is 13.2 Å². The number of carbonyl (C=O) groups is 4. The van der Waals surface area contributed by atoms with Gasteiger partial charge < -0.3 is 30.2 Å². The third-order valence-electron chi connectivity index (χ3n) is 9.43. The van der Waals surface area contributed by atoms with Crippen LogP contribution in [0.4, 0.5) is 10.5 Å². The van der Waals surface area contributed by atoms with E-state index in [0.29, 0.717) is 42.9 Å². The molecule has 54 heavy (non-hydrogen) atoms. The summed E-state index contributed by atoms with van der Waals surface area (Å²) in [5, 5.41) is 20.6. The SMILES string of the molecule is COC(=O)c1nc(C(=O)NC2(C#N)CCCCC2)ccc1-c1cc2c(cc1C(=O)Nc1ccc(CNC(=O)OC(C)(C)C)cc1C)-c1sccc1CCO2. The van der Waals surface area contributed by atoms with Gasteiger partial charge in [0.05, 0.1) is 19.8 Å². The highest BCUT2D eigenvalue weighted by Gasteiger charge is 2.35. The van der Waals surface area contributed by atoms with Crippen LogP contribution in [0.1, 0.15) is 101 Å². The van der Waals surface area contributed by atoms with Crippen LogP contribution in [0.3, 0.4) is 0 Å². The summed E-state index contributed by atoms with van der Waals surface area (Å²) >= 11 is 1.55. The second-order valence-electron chi connectivity index (χ2n) is 14.5. The van der Waals surface area contributed by atoms with Crippen LogP contribution in [0.5, 0.6) is 5.75 Å². The number of amides is 3.